The molecule has 1 aliphatic rings. The van der Waals surface area contributed by atoms with Crippen LogP contribution in [-0.2, 0) is 9.53 Å². The number of rotatable bonds is 3. The number of carbonyl (C=O) groups excluding carboxylic acids is 2. The van der Waals surface area contributed by atoms with E-state index in [4.69, 9.17) is 10.5 Å². The molecule has 8 heteroatoms. The highest BCUT2D eigenvalue weighted by Gasteiger charge is 2.39. The van der Waals surface area contributed by atoms with Crippen LogP contribution in [0.1, 0.15) is 16.8 Å². The van der Waals surface area contributed by atoms with Crippen LogP contribution in [0.3, 0.4) is 0 Å². The molecule has 0 aliphatic carbocycles. The fourth-order valence-electron chi connectivity index (χ4n) is 2.30. The maximum Gasteiger partial charge on any atom is 0.257 e. The van der Waals surface area contributed by atoms with Gasteiger partial charge in [-0.15, -0.1) is 0 Å². The maximum atomic E-state index is 13.6. The van der Waals surface area contributed by atoms with Crippen molar-refractivity contribution in [3.63, 3.8) is 0 Å². The first-order valence-corrected chi connectivity index (χ1v) is 6.12. The summed E-state index contributed by atoms with van der Waals surface area (Å²) >= 11 is 0. The van der Waals surface area contributed by atoms with E-state index in [-0.39, 0.29) is 19.0 Å². The maximum absolute atomic E-state index is 13.6. The van der Waals surface area contributed by atoms with Crippen molar-refractivity contribution in [3.05, 3.63) is 35.1 Å². The largest absolute Gasteiger partial charge is 0.380 e. The van der Waals surface area contributed by atoms with Crippen molar-refractivity contribution in [2.45, 2.75) is 18.6 Å². The van der Waals surface area contributed by atoms with E-state index in [1.54, 1.807) is 0 Å². The summed E-state index contributed by atoms with van der Waals surface area (Å²) in [5.41, 5.74) is 4.54. The van der Waals surface area contributed by atoms with Gasteiger partial charge in [-0.2, -0.15) is 0 Å². The topological polar surface area (TPSA) is 72.6 Å². The zero-order valence-corrected chi connectivity index (χ0v) is 11.1. The fourth-order valence-corrected chi connectivity index (χ4v) is 2.30. The molecule has 0 aromatic heterocycles. The summed E-state index contributed by atoms with van der Waals surface area (Å²) in [6, 6.07) is -0.230. The van der Waals surface area contributed by atoms with Gasteiger partial charge >= 0.3 is 0 Å². The van der Waals surface area contributed by atoms with E-state index in [0.29, 0.717) is 6.07 Å². The van der Waals surface area contributed by atoms with E-state index in [2.05, 4.69) is 0 Å². The SMILES string of the molecule is CO[C@H]1C[C@@H](C(N)=O)N(C(=O)c2cc(F)c(F)cc2F)C1. The minimum atomic E-state index is -1.40. The van der Waals surface area contributed by atoms with Gasteiger partial charge in [-0.1, -0.05) is 0 Å². The molecule has 114 valence electrons. The molecule has 0 saturated carbocycles. The van der Waals surface area contributed by atoms with Gasteiger partial charge in [0.05, 0.1) is 11.7 Å². The number of hydrogen-bond acceptors (Lipinski definition) is 3. The number of amides is 2. The molecule has 2 amide bonds. The van der Waals surface area contributed by atoms with Crippen molar-refractivity contribution in [1.82, 2.24) is 4.90 Å². The molecule has 2 rings (SSSR count). The van der Waals surface area contributed by atoms with Crippen LogP contribution in [0.15, 0.2) is 12.1 Å². The standard InChI is InChI=1S/C13H13F3N2O3/c1-21-6-2-11(12(17)19)18(5-6)13(20)7-3-9(15)10(16)4-8(7)14/h3-4,6,11H,2,5H2,1H3,(H2,17,19)/t6-,11-/m0/s1. The number of ether oxygens (including phenoxy) is 1. The summed E-state index contributed by atoms with van der Waals surface area (Å²) in [5.74, 6) is -5.66. The molecule has 1 heterocycles. The van der Waals surface area contributed by atoms with Gasteiger partial charge in [0.25, 0.3) is 5.91 Å². The lowest BCUT2D eigenvalue weighted by atomic mass is 10.1. The normalized spacial score (nSPS) is 21.6. The molecule has 21 heavy (non-hydrogen) atoms. The van der Waals surface area contributed by atoms with Crippen LogP contribution in [0.25, 0.3) is 0 Å². The molecular formula is C13H13F3N2O3. The Morgan fingerprint density at radius 1 is 1.24 bits per heavy atom. The van der Waals surface area contributed by atoms with Crippen LogP contribution in [0.5, 0.6) is 0 Å². The lowest BCUT2D eigenvalue weighted by Gasteiger charge is -2.22. The highest BCUT2D eigenvalue weighted by Crippen LogP contribution is 2.24. The second-order valence-electron chi connectivity index (χ2n) is 4.72. The van der Waals surface area contributed by atoms with Crippen LogP contribution in [0.2, 0.25) is 0 Å². The third-order valence-corrected chi connectivity index (χ3v) is 3.43. The highest BCUT2D eigenvalue weighted by molar-refractivity contribution is 5.98. The van der Waals surface area contributed by atoms with Crippen molar-refractivity contribution >= 4 is 11.8 Å². The minimum absolute atomic E-state index is 0.0153. The Bertz CT molecular complexity index is 594. The Labute approximate surface area is 118 Å². The number of methoxy groups -OCH3 is 1. The molecule has 1 aliphatic heterocycles. The third kappa shape index (κ3) is 2.85. The quantitative estimate of drug-likeness (QED) is 0.840. The van der Waals surface area contributed by atoms with Gasteiger partial charge < -0.3 is 15.4 Å². The summed E-state index contributed by atoms with van der Waals surface area (Å²) in [6.07, 6.45) is -0.261. The molecule has 1 saturated heterocycles. The minimum Gasteiger partial charge on any atom is -0.380 e. The molecule has 1 aromatic carbocycles. The Morgan fingerprint density at radius 3 is 2.43 bits per heavy atom. The second kappa shape index (κ2) is 5.72. The second-order valence-corrected chi connectivity index (χ2v) is 4.72. The molecular weight excluding hydrogens is 289 g/mol. The predicted octanol–water partition coefficient (Wildman–Crippen LogP) is 0.819. The number of nitrogens with zero attached hydrogens (tertiary/aromatic N) is 1. The first-order chi connectivity index (χ1) is 9.85. The molecule has 0 spiro atoms. The Morgan fingerprint density at radius 2 is 1.86 bits per heavy atom. The molecule has 5 nitrogen and oxygen atoms in total. The highest BCUT2D eigenvalue weighted by atomic mass is 19.2. The van der Waals surface area contributed by atoms with Gasteiger partial charge in [0.2, 0.25) is 5.91 Å². The average molecular weight is 302 g/mol. The van der Waals surface area contributed by atoms with Gasteiger partial charge in [0.15, 0.2) is 11.6 Å². The summed E-state index contributed by atoms with van der Waals surface area (Å²) in [4.78, 5) is 24.6. The lowest BCUT2D eigenvalue weighted by molar-refractivity contribution is -0.121. The zero-order valence-electron chi connectivity index (χ0n) is 11.1. The Hall–Kier alpha value is -2.09. The van der Waals surface area contributed by atoms with Crippen molar-refractivity contribution < 1.29 is 27.5 Å². The van der Waals surface area contributed by atoms with Crippen LogP contribution >= 0.6 is 0 Å². The van der Waals surface area contributed by atoms with Gasteiger partial charge in [-0.25, -0.2) is 13.2 Å². The summed E-state index contributed by atoms with van der Waals surface area (Å²) in [7, 11) is 1.40. The molecule has 2 atom stereocenters. The van der Waals surface area contributed by atoms with Gasteiger partial charge in [0.1, 0.15) is 11.9 Å². The number of benzene rings is 1. The van der Waals surface area contributed by atoms with E-state index in [1.807, 2.05) is 0 Å². The monoisotopic (exact) mass is 302 g/mol. The lowest BCUT2D eigenvalue weighted by Crippen LogP contribution is -2.44. The van der Waals surface area contributed by atoms with E-state index in [9.17, 15) is 22.8 Å². The summed E-state index contributed by atoms with van der Waals surface area (Å²) in [6.45, 7) is 0.0153. The number of primary amides is 1. The van der Waals surface area contributed by atoms with Crippen molar-refractivity contribution in [1.29, 1.82) is 0 Å². The summed E-state index contributed by atoms with van der Waals surface area (Å²) in [5, 5.41) is 0. The molecule has 1 aromatic rings. The average Bonchev–Trinajstić information content (AvgIpc) is 2.86. The van der Waals surface area contributed by atoms with Crippen LogP contribution in [-0.4, -0.2) is 42.5 Å². The number of carbonyl (C=O) groups is 2. The molecule has 0 bridgehead atoms. The van der Waals surface area contributed by atoms with E-state index in [0.717, 1.165) is 4.90 Å². The van der Waals surface area contributed by atoms with E-state index < -0.39 is 47.0 Å². The number of likely N-dealkylation sites (tertiary alicyclic amines) is 1. The molecule has 1 fully saturated rings. The first-order valence-electron chi connectivity index (χ1n) is 6.12. The fraction of sp³-hybridized carbons (Fsp3) is 0.385. The van der Waals surface area contributed by atoms with E-state index in [1.165, 1.54) is 7.11 Å². The number of nitrogens with two attached hydrogens (primary N) is 1. The molecule has 2 N–H and O–H groups in total. The van der Waals surface area contributed by atoms with Crippen LogP contribution < -0.4 is 5.73 Å². The Balaban J connectivity index is 2.34. The first kappa shape index (κ1) is 15.3. The zero-order chi connectivity index (χ0) is 15.7. The number of halogens is 3. The van der Waals surface area contributed by atoms with E-state index >= 15 is 0 Å². The molecule has 0 unspecified atom stereocenters. The summed E-state index contributed by atoms with van der Waals surface area (Å²) < 4.78 is 44.8. The third-order valence-electron chi connectivity index (χ3n) is 3.43. The van der Waals surface area contributed by atoms with Crippen LogP contribution in [0, 0.1) is 17.5 Å². The van der Waals surface area contributed by atoms with Gasteiger partial charge in [-0.05, 0) is 6.07 Å². The van der Waals surface area contributed by atoms with Crippen molar-refractivity contribution in [3.8, 4) is 0 Å². The van der Waals surface area contributed by atoms with Crippen molar-refractivity contribution in [2.75, 3.05) is 13.7 Å². The van der Waals surface area contributed by atoms with Gasteiger partial charge in [-0.3, -0.25) is 9.59 Å². The van der Waals surface area contributed by atoms with Gasteiger partial charge in [0, 0.05) is 26.1 Å². The Kier molecular flexibility index (Phi) is 4.17. The smallest absolute Gasteiger partial charge is 0.257 e. The molecule has 0 radical (unpaired) electrons. The van der Waals surface area contributed by atoms with Crippen molar-refractivity contribution in [2.24, 2.45) is 5.73 Å². The number of hydrogen-bond donors (Lipinski definition) is 1. The van der Waals surface area contributed by atoms with Crippen LogP contribution in [0.4, 0.5) is 13.2 Å². The predicted molar refractivity (Wildman–Crippen MR) is 65.7 cm³/mol.